The predicted octanol–water partition coefficient (Wildman–Crippen LogP) is 0.994. The van der Waals surface area contributed by atoms with Crippen LogP contribution in [0.4, 0.5) is 0 Å². The number of hydrogen-bond acceptors (Lipinski definition) is 4. The largest absolute Gasteiger partial charge is 0.337 e. The van der Waals surface area contributed by atoms with Gasteiger partial charge in [-0.2, -0.15) is 10.2 Å². The van der Waals surface area contributed by atoms with Gasteiger partial charge in [0, 0.05) is 75.9 Å². The molecule has 1 aliphatic rings. The fourth-order valence-electron chi connectivity index (χ4n) is 2.85. The minimum atomic E-state index is 0.0697. The quantitative estimate of drug-likeness (QED) is 0.768. The van der Waals surface area contributed by atoms with Gasteiger partial charge >= 0.3 is 0 Å². The monoisotopic (exact) mass is 328 g/mol. The Balaban J connectivity index is 1.47. The van der Waals surface area contributed by atoms with Gasteiger partial charge in [0.2, 0.25) is 5.91 Å². The fraction of sp³-hybridized carbons (Fsp3) is 0.471. The Morgan fingerprint density at radius 2 is 1.96 bits per heavy atom. The van der Waals surface area contributed by atoms with Crippen molar-refractivity contribution in [3.8, 4) is 0 Å². The van der Waals surface area contributed by atoms with Gasteiger partial charge in [0.1, 0.15) is 0 Å². The second kappa shape index (κ2) is 7.44. The molecule has 128 valence electrons. The summed E-state index contributed by atoms with van der Waals surface area (Å²) in [5.74, 6) is 0.0697. The lowest BCUT2D eigenvalue weighted by Crippen LogP contribution is -2.47. The summed E-state index contributed by atoms with van der Waals surface area (Å²) < 4.78 is 3.67. The molecule has 0 saturated carbocycles. The third kappa shape index (κ3) is 4.11. The molecule has 2 aromatic rings. The van der Waals surface area contributed by atoms with Gasteiger partial charge in [-0.3, -0.25) is 19.1 Å². The molecular formula is C17H24N6O. The highest BCUT2D eigenvalue weighted by atomic mass is 16.2. The van der Waals surface area contributed by atoms with E-state index in [1.54, 1.807) is 12.3 Å². The maximum Gasteiger partial charge on any atom is 0.246 e. The Bertz CT molecular complexity index is 708. The summed E-state index contributed by atoms with van der Waals surface area (Å²) in [5, 5.41) is 8.40. The molecule has 0 aliphatic carbocycles. The maximum absolute atomic E-state index is 12.3. The van der Waals surface area contributed by atoms with Gasteiger partial charge in [0.15, 0.2) is 0 Å². The molecule has 7 heteroatoms. The van der Waals surface area contributed by atoms with Crippen molar-refractivity contribution < 1.29 is 4.79 Å². The Kier molecular flexibility index (Phi) is 5.10. The van der Waals surface area contributed by atoms with Crippen molar-refractivity contribution in [2.24, 2.45) is 7.05 Å². The summed E-state index contributed by atoms with van der Waals surface area (Å²) in [4.78, 5) is 16.6. The fourth-order valence-corrected chi connectivity index (χ4v) is 2.85. The lowest BCUT2D eigenvalue weighted by Gasteiger charge is -2.34. The van der Waals surface area contributed by atoms with E-state index in [2.05, 4.69) is 15.1 Å². The molecule has 1 saturated heterocycles. The first kappa shape index (κ1) is 16.4. The van der Waals surface area contributed by atoms with Crippen molar-refractivity contribution in [3.63, 3.8) is 0 Å². The van der Waals surface area contributed by atoms with Crippen LogP contribution in [-0.2, 0) is 24.9 Å². The zero-order valence-corrected chi connectivity index (χ0v) is 14.3. The van der Waals surface area contributed by atoms with Crippen LogP contribution < -0.4 is 0 Å². The van der Waals surface area contributed by atoms with E-state index < -0.39 is 0 Å². The number of carbonyl (C=O) groups excluding carboxylic acids is 1. The van der Waals surface area contributed by atoms with Crippen LogP contribution in [0.1, 0.15) is 18.1 Å². The number of amides is 1. The molecule has 1 amide bonds. The highest BCUT2D eigenvalue weighted by Crippen LogP contribution is 2.09. The molecule has 0 unspecified atom stereocenters. The molecule has 1 aliphatic heterocycles. The number of nitrogens with zero attached hydrogens (tertiary/aromatic N) is 6. The molecule has 0 aromatic carbocycles. The minimum Gasteiger partial charge on any atom is -0.337 e. The number of piperazine rings is 1. The average Bonchev–Trinajstić information content (AvgIpc) is 3.22. The van der Waals surface area contributed by atoms with Crippen LogP contribution in [0.25, 0.3) is 6.08 Å². The van der Waals surface area contributed by atoms with Gasteiger partial charge in [-0.1, -0.05) is 0 Å². The summed E-state index contributed by atoms with van der Waals surface area (Å²) in [7, 11) is 1.93. The first-order chi connectivity index (χ1) is 11.6. The molecule has 0 atom stereocenters. The van der Waals surface area contributed by atoms with Gasteiger partial charge in [0.25, 0.3) is 0 Å². The van der Waals surface area contributed by atoms with Crippen LogP contribution in [0.5, 0.6) is 0 Å². The second-order valence-electron chi connectivity index (χ2n) is 6.09. The van der Waals surface area contributed by atoms with Gasteiger partial charge in [0.05, 0.1) is 12.4 Å². The number of carbonyl (C=O) groups is 1. The van der Waals surface area contributed by atoms with Gasteiger partial charge in [-0.05, 0) is 13.0 Å². The van der Waals surface area contributed by atoms with Gasteiger partial charge in [-0.15, -0.1) is 0 Å². The zero-order chi connectivity index (χ0) is 16.9. The van der Waals surface area contributed by atoms with E-state index >= 15 is 0 Å². The molecule has 7 nitrogen and oxygen atoms in total. The molecule has 24 heavy (non-hydrogen) atoms. The topological polar surface area (TPSA) is 59.2 Å². The van der Waals surface area contributed by atoms with Crippen LogP contribution in [0, 0.1) is 0 Å². The number of aryl methyl sites for hydroxylation is 2. The Hall–Kier alpha value is -2.41. The van der Waals surface area contributed by atoms with E-state index in [0.29, 0.717) is 0 Å². The molecule has 3 rings (SSSR count). The average molecular weight is 328 g/mol. The van der Waals surface area contributed by atoms with Crippen LogP contribution in [0.15, 0.2) is 30.9 Å². The highest BCUT2D eigenvalue weighted by molar-refractivity contribution is 5.91. The molecule has 1 fully saturated rings. The number of rotatable bonds is 5. The number of aromatic nitrogens is 4. The Morgan fingerprint density at radius 3 is 2.58 bits per heavy atom. The summed E-state index contributed by atoms with van der Waals surface area (Å²) in [6.45, 7) is 7.07. The van der Waals surface area contributed by atoms with Crippen molar-refractivity contribution in [1.82, 2.24) is 29.4 Å². The van der Waals surface area contributed by atoms with E-state index in [0.717, 1.165) is 44.8 Å². The van der Waals surface area contributed by atoms with Crippen LogP contribution in [-0.4, -0.2) is 61.4 Å². The summed E-state index contributed by atoms with van der Waals surface area (Å²) in [6.07, 6.45) is 11.1. The van der Waals surface area contributed by atoms with E-state index in [1.807, 2.05) is 52.9 Å². The molecule has 3 heterocycles. The minimum absolute atomic E-state index is 0.0697. The lowest BCUT2D eigenvalue weighted by atomic mass is 10.2. The van der Waals surface area contributed by atoms with E-state index in [1.165, 1.54) is 5.56 Å². The molecule has 0 bridgehead atoms. The Morgan fingerprint density at radius 1 is 1.17 bits per heavy atom. The van der Waals surface area contributed by atoms with Gasteiger partial charge in [-0.25, -0.2) is 0 Å². The van der Waals surface area contributed by atoms with Crippen molar-refractivity contribution in [3.05, 3.63) is 42.0 Å². The van der Waals surface area contributed by atoms with Crippen LogP contribution in [0.2, 0.25) is 0 Å². The molecule has 0 radical (unpaired) electrons. The standard InChI is InChI=1S/C17H24N6O/c1-3-23-14-15(10-19-23)4-5-17(24)22-8-6-21(7-9-22)13-16-11-18-20(2)12-16/h4-5,10-12,14H,3,6-9,13H2,1-2H3/b5-4+. The second-order valence-corrected chi connectivity index (χ2v) is 6.09. The Labute approximate surface area is 142 Å². The third-order valence-electron chi connectivity index (χ3n) is 4.24. The van der Waals surface area contributed by atoms with Gasteiger partial charge < -0.3 is 4.90 Å². The highest BCUT2D eigenvalue weighted by Gasteiger charge is 2.19. The van der Waals surface area contributed by atoms with Crippen molar-refractivity contribution >= 4 is 12.0 Å². The van der Waals surface area contributed by atoms with Crippen LogP contribution >= 0.6 is 0 Å². The smallest absolute Gasteiger partial charge is 0.246 e. The zero-order valence-electron chi connectivity index (χ0n) is 14.3. The third-order valence-corrected chi connectivity index (χ3v) is 4.24. The SMILES string of the molecule is CCn1cc(/C=C/C(=O)N2CCN(Cc3cnn(C)c3)CC2)cn1. The summed E-state index contributed by atoms with van der Waals surface area (Å²) in [5.41, 5.74) is 2.17. The maximum atomic E-state index is 12.3. The van der Waals surface area contributed by atoms with Crippen LogP contribution in [0.3, 0.4) is 0 Å². The molecular weight excluding hydrogens is 304 g/mol. The molecule has 0 N–H and O–H groups in total. The van der Waals surface area contributed by atoms with E-state index in [-0.39, 0.29) is 5.91 Å². The normalized spacial score (nSPS) is 16.2. The molecule has 2 aromatic heterocycles. The van der Waals surface area contributed by atoms with E-state index in [9.17, 15) is 4.79 Å². The van der Waals surface area contributed by atoms with E-state index in [4.69, 9.17) is 0 Å². The summed E-state index contributed by atoms with van der Waals surface area (Å²) in [6, 6.07) is 0. The number of hydrogen-bond donors (Lipinski definition) is 0. The lowest BCUT2D eigenvalue weighted by molar-refractivity contribution is -0.127. The summed E-state index contributed by atoms with van der Waals surface area (Å²) >= 11 is 0. The first-order valence-corrected chi connectivity index (χ1v) is 8.33. The van der Waals surface area contributed by atoms with Crippen molar-refractivity contribution in [1.29, 1.82) is 0 Å². The molecule has 0 spiro atoms. The predicted molar refractivity (Wildman–Crippen MR) is 92.0 cm³/mol. The first-order valence-electron chi connectivity index (χ1n) is 8.33. The van der Waals surface area contributed by atoms with Crippen molar-refractivity contribution in [2.75, 3.05) is 26.2 Å². The van der Waals surface area contributed by atoms with Crippen molar-refractivity contribution in [2.45, 2.75) is 20.0 Å².